The third kappa shape index (κ3) is 2.21. The molecule has 0 aliphatic carbocycles. The van der Waals surface area contributed by atoms with Crippen LogP contribution in [0.25, 0.3) is 0 Å². The molecular weight excluding hydrogens is 258 g/mol. The lowest BCUT2D eigenvalue weighted by Crippen LogP contribution is -2.37. The summed E-state index contributed by atoms with van der Waals surface area (Å²) in [4.78, 5) is 12.9. The van der Waals surface area contributed by atoms with E-state index in [1.165, 1.54) is 4.90 Å². The molecule has 1 aromatic heterocycles. The molecule has 98 valence electrons. The van der Waals surface area contributed by atoms with Crippen molar-refractivity contribution in [3.63, 3.8) is 0 Å². The largest absolute Gasteiger partial charge is 0.394 e. The van der Waals surface area contributed by atoms with E-state index in [4.69, 9.17) is 5.73 Å². The standard InChI is InChI=1S/C14H15N3OS/c1-14(9-17-8-4-5-10(15)13(17)18)16-11-6-2-3-7-12(11)19-14/h2-8,16H,9,15H2,1H3. The summed E-state index contributed by atoms with van der Waals surface area (Å²) in [6.45, 7) is 2.66. The van der Waals surface area contributed by atoms with Gasteiger partial charge in [-0.1, -0.05) is 23.9 Å². The molecule has 0 saturated carbocycles. The third-order valence-corrected chi connectivity index (χ3v) is 4.40. The Labute approximate surface area is 115 Å². The first-order valence-corrected chi connectivity index (χ1v) is 6.90. The number of fused-ring (bicyclic) bond motifs is 1. The van der Waals surface area contributed by atoms with Gasteiger partial charge in [0.2, 0.25) is 0 Å². The van der Waals surface area contributed by atoms with Gasteiger partial charge >= 0.3 is 0 Å². The van der Waals surface area contributed by atoms with Crippen LogP contribution in [0.2, 0.25) is 0 Å². The van der Waals surface area contributed by atoms with E-state index in [0.29, 0.717) is 6.54 Å². The van der Waals surface area contributed by atoms with Gasteiger partial charge in [0.15, 0.2) is 0 Å². The van der Waals surface area contributed by atoms with Crippen LogP contribution in [-0.2, 0) is 6.54 Å². The summed E-state index contributed by atoms with van der Waals surface area (Å²) in [7, 11) is 0. The highest BCUT2D eigenvalue weighted by atomic mass is 32.2. The molecule has 4 nitrogen and oxygen atoms in total. The van der Waals surface area contributed by atoms with E-state index < -0.39 is 0 Å². The van der Waals surface area contributed by atoms with Crippen molar-refractivity contribution in [3.8, 4) is 0 Å². The fourth-order valence-corrected chi connectivity index (χ4v) is 3.51. The fraction of sp³-hybridized carbons (Fsp3) is 0.214. The van der Waals surface area contributed by atoms with E-state index in [1.54, 1.807) is 34.7 Å². The lowest BCUT2D eigenvalue weighted by molar-refractivity contribution is 0.569. The number of aromatic nitrogens is 1. The molecule has 0 radical (unpaired) electrons. The first-order chi connectivity index (χ1) is 9.07. The average Bonchev–Trinajstić information content (AvgIpc) is 2.71. The van der Waals surface area contributed by atoms with E-state index in [-0.39, 0.29) is 16.1 Å². The molecule has 1 atom stereocenters. The Morgan fingerprint density at radius 2 is 2.11 bits per heavy atom. The summed E-state index contributed by atoms with van der Waals surface area (Å²) >= 11 is 1.74. The number of hydrogen-bond donors (Lipinski definition) is 2. The normalized spacial score (nSPS) is 20.9. The fourth-order valence-electron chi connectivity index (χ4n) is 2.29. The molecule has 0 amide bonds. The average molecular weight is 273 g/mol. The molecular formula is C14H15N3OS. The molecule has 0 bridgehead atoms. The Kier molecular flexibility index (Phi) is 2.78. The quantitative estimate of drug-likeness (QED) is 0.882. The Morgan fingerprint density at radius 3 is 2.89 bits per heavy atom. The third-order valence-electron chi connectivity index (χ3n) is 3.14. The van der Waals surface area contributed by atoms with Crippen LogP contribution < -0.4 is 16.6 Å². The zero-order valence-electron chi connectivity index (χ0n) is 10.6. The summed E-state index contributed by atoms with van der Waals surface area (Å²) in [6, 6.07) is 11.6. The van der Waals surface area contributed by atoms with Crippen molar-refractivity contribution >= 4 is 23.1 Å². The molecule has 0 saturated heterocycles. The number of hydrogen-bond acceptors (Lipinski definition) is 4. The van der Waals surface area contributed by atoms with Crippen LogP contribution in [0.5, 0.6) is 0 Å². The van der Waals surface area contributed by atoms with E-state index in [1.807, 2.05) is 12.1 Å². The maximum Gasteiger partial charge on any atom is 0.273 e. The van der Waals surface area contributed by atoms with Crippen molar-refractivity contribution < 1.29 is 0 Å². The molecule has 3 N–H and O–H groups in total. The first kappa shape index (κ1) is 12.2. The van der Waals surface area contributed by atoms with Gasteiger partial charge in [0.1, 0.15) is 4.87 Å². The molecule has 0 fully saturated rings. The van der Waals surface area contributed by atoms with E-state index in [9.17, 15) is 4.79 Å². The predicted octanol–water partition coefficient (Wildman–Crippen LogP) is 2.36. The number of nitrogen functional groups attached to an aromatic ring is 1. The van der Waals surface area contributed by atoms with Crippen molar-refractivity contribution in [2.75, 3.05) is 11.1 Å². The van der Waals surface area contributed by atoms with Gasteiger partial charge in [-0.3, -0.25) is 4.79 Å². The summed E-state index contributed by atoms with van der Waals surface area (Å²) in [6.07, 6.45) is 1.77. The molecule has 0 spiro atoms. The Hall–Kier alpha value is -1.88. The van der Waals surface area contributed by atoms with Crippen molar-refractivity contribution in [1.29, 1.82) is 0 Å². The molecule has 5 heteroatoms. The number of benzene rings is 1. The van der Waals surface area contributed by atoms with Gasteiger partial charge in [0.25, 0.3) is 5.56 Å². The van der Waals surface area contributed by atoms with Crippen LogP contribution in [0, 0.1) is 0 Å². The smallest absolute Gasteiger partial charge is 0.273 e. The summed E-state index contributed by atoms with van der Waals surface area (Å²) in [5, 5.41) is 3.47. The topological polar surface area (TPSA) is 60.0 Å². The molecule has 1 aromatic carbocycles. The van der Waals surface area contributed by atoms with Gasteiger partial charge in [-0.2, -0.15) is 0 Å². The summed E-state index contributed by atoms with van der Waals surface area (Å²) in [5.74, 6) is 0. The highest BCUT2D eigenvalue weighted by molar-refractivity contribution is 8.01. The minimum absolute atomic E-state index is 0.137. The SMILES string of the molecule is CC1(Cn2cccc(N)c2=O)Nc2ccccc2S1. The Balaban J connectivity index is 1.89. The maximum absolute atomic E-state index is 12.0. The number of nitrogens with one attached hydrogen (secondary N) is 1. The lowest BCUT2D eigenvalue weighted by atomic mass is 10.2. The second kappa shape index (κ2) is 4.35. The van der Waals surface area contributed by atoms with Gasteiger partial charge in [-0.05, 0) is 31.2 Å². The number of nitrogens with zero attached hydrogens (tertiary/aromatic N) is 1. The highest BCUT2D eigenvalue weighted by Gasteiger charge is 2.33. The van der Waals surface area contributed by atoms with Gasteiger partial charge in [-0.25, -0.2) is 0 Å². The van der Waals surface area contributed by atoms with E-state index >= 15 is 0 Å². The Morgan fingerprint density at radius 1 is 1.32 bits per heavy atom. The molecule has 1 aliphatic heterocycles. The summed E-state index contributed by atoms with van der Waals surface area (Å²) in [5.41, 5.74) is 6.93. The van der Waals surface area contributed by atoms with Crippen molar-refractivity contribution in [2.45, 2.75) is 23.2 Å². The van der Waals surface area contributed by atoms with Crippen molar-refractivity contribution in [3.05, 3.63) is 52.9 Å². The van der Waals surface area contributed by atoms with Crippen LogP contribution >= 0.6 is 11.8 Å². The molecule has 1 unspecified atom stereocenters. The van der Waals surface area contributed by atoms with Gasteiger partial charge in [0.05, 0.1) is 12.2 Å². The molecule has 2 heterocycles. The predicted molar refractivity (Wildman–Crippen MR) is 79.4 cm³/mol. The highest BCUT2D eigenvalue weighted by Crippen LogP contribution is 2.45. The Bertz CT molecular complexity index is 655. The van der Waals surface area contributed by atoms with Crippen LogP contribution in [-0.4, -0.2) is 9.44 Å². The summed E-state index contributed by atoms with van der Waals surface area (Å²) < 4.78 is 1.65. The van der Waals surface area contributed by atoms with Crippen LogP contribution in [0.1, 0.15) is 6.92 Å². The van der Waals surface area contributed by atoms with Crippen LogP contribution in [0.4, 0.5) is 11.4 Å². The zero-order chi connectivity index (χ0) is 13.5. The molecule has 2 aromatic rings. The number of rotatable bonds is 2. The van der Waals surface area contributed by atoms with E-state index in [2.05, 4.69) is 24.4 Å². The van der Waals surface area contributed by atoms with Crippen LogP contribution in [0.15, 0.2) is 52.3 Å². The number of para-hydroxylation sites is 1. The van der Waals surface area contributed by atoms with Crippen LogP contribution in [0.3, 0.4) is 0 Å². The number of pyridine rings is 1. The molecule has 1 aliphatic rings. The minimum atomic E-state index is -0.235. The zero-order valence-corrected chi connectivity index (χ0v) is 11.4. The second-order valence-electron chi connectivity index (χ2n) is 4.85. The molecule has 19 heavy (non-hydrogen) atoms. The van der Waals surface area contributed by atoms with Crippen molar-refractivity contribution in [1.82, 2.24) is 4.57 Å². The monoisotopic (exact) mass is 273 g/mol. The molecule has 3 rings (SSSR count). The number of thioether (sulfide) groups is 1. The minimum Gasteiger partial charge on any atom is -0.394 e. The van der Waals surface area contributed by atoms with Gasteiger partial charge in [-0.15, -0.1) is 0 Å². The van der Waals surface area contributed by atoms with Gasteiger partial charge < -0.3 is 15.6 Å². The first-order valence-electron chi connectivity index (χ1n) is 6.09. The number of anilines is 2. The maximum atomic E-state index is 12.0. The van der Waals surface area contributed by atoms with Crippen molar-refractivity contribution in [2.24, 2.45) is 0 Å². The number of nitrogens with two attached hydrogens (primary N) is 1. The lowest BCUT2D eigenvalue weighted by Gasteiger charge is -2.25. The van der Waals surface area contributed by atoms with Gasteiger partial charge in [0, 0.05) is 16.8 Å². The van der Waals surface area contributed by atoms with E-state index in [0.717, 1.165) is 5.69 Å². The second-order valence-corrected chi connectivity index (χ2v) is 6.40.